The zero-order chi connectivity index (χ0) is 15.7. The van der Waals surface area contributed by atoms with Crippen LogP contribution in [0.4, 0.5) is 13.2 Å². The zero-order valence-corrected chi connectivity index (χ0v) is 11.6. The average molecular weight is 322 g/mol. The Morgan fingerprint density at radius 1 is 1.19 bits per heavy atom. The number of hydrogen-bond donors (Lipinski definition) is 2. The van der Waals surface area contributed by atoms with Crippen LogP contribution in [0.15, 0.2) is 29.2 Å². The first-order valence-corrected chi connectivity index (χ1v) is 7.66. The summed E-state index contributed by atoms with van der Waals surface area (Å²) < 4.78 is 63.5. The summed E-state index contributed by atoms with van der Waals surface area (Å²) in [6, 6.07) is 2.22. The molecule has 2 rings (SSSR count). The van der Waals surface area contributed by atoms with E-state index in [-0.39, 0.29) is 4.90 Å². The summed E-state index contributed by atoms with van der Waals surface area (Å²) in [6.07, 6.45) is -3.55. The van der Waals surface area contributed by atoms with E-state index in [9.17, 15) is 26.4 Å². The van der Waals surface area contributed by atoms with E-state index in [0.29, 0.717) is 31.5 Å². The summed E-state index contributed by atoms with van der Waals surface area (Å²) in [6.45, 7) is 0.483. The van der Waals surface area contributed by atoms with Crippen molar-refractivity contribution in [2.24, 2.45) is 0 Å². The summed E-state index contributed by atoms with van der Waals surface area (Å²) in [5.74, 6) is -0.434. The second-order valence-corrected chi connectivity index (χ2v) is 6.34. The molecule has 1 amide bonds. The maximum absolute atomic E-state index is 12.4. The lowest BCUT2D eigenvalue weighted by Gasteiger charge is -2.22. The van der Waals surface area contributed by atoms with Crippen molar-refractivity contribution in [3.05, 3.63) is 29.8 Å². The molecular weight excluding hydrogens is 309 g/mol. The molecule has 5 nitrogen and oxygen atoms in total. The Bertz CT molecular complexity index is 626. The van der Waals surface area contributed by atoms with E-state index in [1.807, 2.05) is 0 Å². The lowest BCUT2D eigenvalue weighted by molar-refractivity contribution is -0.137. The van der Waals surface area contributed by atoms with E-state index in [1.165, 1.54) is 0 Å². The first-order chi connectivity index (χ1) is 9.70. The Labute approximate surface area is 119 Å². The maximum atomic E-state index is 12.4. The second kappa shape index (κ2) is 5.64. The number of halogens is 3. The number of piperidine rings is 1. The lowest BCUT2D eigenvalue weighted by Crippen LogP contribution is -2.50. The van der Waals surface area contributed by atoms with Crippen molar-refractivity contribution in [2.45, 2.75) is 30.0 Å². The van der Waals surface area contributed by atoms with Crippen molar-refractivity contribution >= 4 is 15.9 Å². The number of rotatable bonds is 3. The van der Waals surface area contributed by atoms with Crippen LogP contribution >= 0.6 is 0 Å². The van der Waals surface area contributed by atoms with Crippen molar-refractivity contribution in [2.75, 3.05) is 6.54 Å². The SMILES string of the molecule is O=C1NCCC[C@@H]1NS(=O)(=O)c1ccc(C(F)(F)F)cc1. The predicted molar refractivity (Wildman–Crippen MR) is 67.8 cm³/mol. The number of carbonyl (C=O) groups is 1. The Morgan fingerprint density at radius 3 is 2.33 bits per heavy atom. The van der Waals surface area contributed by atoms with Crippen molar-refractivity contribution < 1.29 is 26.4 Å². The molecule has 1 aromatic rings. The van der Waals surface area contributed by atoms with Crippen LogP contribution in [0, 0.1) is 0 Å². The number of nitrogens with one attached hydrogen (secondary N) is 2. The summed E-state index contributed by atoms with van der Waals surface area (Å²) in [7, 11) is -4.03. The molecule has 0 saturated carbocycles. The van der Waals surface area contributed by atoms with Gasteiger partial charge in [-0.1, -0.05) is 0 Å². The molecule has 21 heavy (non-hydrogen) atoms. The number of alkyl halides is 3. The molecule has 0 bridgehead atoms. The topological polar surface area (TPSA) is 75.3 Å². The number of hydrogen-bond acceptors (Lipinski definition) is 3. The fraction of sp³-hybridized carbons (Fsp3) is 0.417. The molecule has 1 aliphatic heterocycles. The van der Waals surface area contributed by atoms with Gasteiger partial charge in [0.05, 0.1) is 10.5 Å². The Kier molecular flexibility index (Phi) is 4.24. The standard InChI is InChI=1S/C12H13F3N2O3S/c13-12(14,15)8-3-5-9(6-4-8)21(19,20)17-10-2-1-7-16-11(10)18/h3-6,10,17H,1-2,7H2,(H,16,18)/t10-/m0/s1. The van der Waals surface area contributed by atoms with Gasteiger partial charge in [-0.25, -0.2) is 8.42 Å². The molecule has 1 saturated heterocycles. The van der Waals surface area contributed by atoms with Gasteiger partial charge in [0.2, 0.25) is 15.9 Å². The lowest BCUT2D eigenvalue weighted by atomic mass is 10.1. The van der Waals surface area contributed by atoms with Crippen LogP contribution in [-0.4, -0.2) is 26.9 Å². The highest BCUT2D eigenvalue weighted by Gasteiger charge is 2.31. The summed E-state index contributed by atoms with van der Waals surface area (Å²) in [4.78, 5) is 11.2. The molecule has 0 spiro atoms. The molecule has 9 heteroatoms. The minimum Gasteiger partial charge on any atom is -0.355 e. The number of amides is 1. The first-order valence-electron chi connectivity index (χ1n) is 6.17. The molecule has 0 aliphatic carbocycles. The number of carbonyl (C=O) groups excluding carboxylic acids is 1. The van der Waals surface area contributed by atoms with Gasteiger partial charge in [-0.2, -0.15) is 17.9 Å². The monoisotopic (exact) mass is 322 g/mol. The minimum absolute atomic E-state index is 0.311. The molecule has 1 aliphatic rings. The second-order valence-electron chi connectivity index (χ2n) is 4.63. The fourth-order valence-corrected chi connectivity index (χ4v) is 3.19. The Hall–Kier alpha value is -1.61. The van der Waals surface area contributed by atoms with E-state index >= 15 is 0 Å². The molecule has 0 aromatic heterocycles. The fourth-order valence-electron chi connectivity index (χ4n) is 1.96. The molecule has 0 radical (unpaired) electrons. The zero-order valence-electron chi connectivity index (χ0n) is 10.8. The van der Waals surface area contributed by atoms with Gasteiger partial charge in [0.25, 0.3) is 0 Å². The Morgan fingerprint density at radius 2 is 1.81 bits per heavy atom. The third-order valence-electron chi connectivity index (χ3n) is 3.07. The normalized spacial score (nSPS) is 20.1. The molecule has 1 fully saturated rings. The van der Waals surface area contributed by atoms with E-state index in [1.54, 1.807) is 0 Å². The van der Waals surface area contributed by atoms with Crippen LogP contribution in [0.25, 0.3) is 0 Å². The average Bonchev–Trinajstić information content (AvgIpc) is 2.40. The van der Waals surface area contributed by atoms with E-state index in [0.717, 1.165) is 12.1 Å². The summed E-state index contributed by atoms with van der Waals surface area (Å²) in [5, 5.41) is 2.52. The molecule has 1 atom stereocenters. The van der Waals surface area contributed by atoms with Crippen LogP contribution in [0.5, 0.6) is 0 Å². The number of sulfonamides is 1. The largest absolute Gasteiger partial charge is 0.416 e. The van der Waals surface area contributed by atoms with Crippen molar-refractivity contribution in [1.82, 2.24) is 10.0 Å². The molecule has 1 heterocycles. The van der Waals surface area contributed by atoms with Gasteiger partial charge in [-0.15, -0.1) is 0 Å². The van der Waals surface area contributed by atoms with Gasteiger partial charge in [0.1, 0.15) is 6.04 Å². The Balaban J connectivity index is 2.17. The molecular formula is C12H13F3N2O3S. The highest BCUT2D eigenvalue weighted by Crippen LogP contribution is 2.29. The third kappa shape index (κ3) is 3.73. The van der Waals surface area contributed by atoms with Crippen LogP contribution < -0.4 is 10.0 Å². The highest BCUT2D eigenvalue weighted by atomic mass is 32.2. The van der Waals surface area contributed by atoms with Crippen molar-refractivity contribution in [3.63, 3.8) is 0 Å². The smallest absolute Gasteiger partial charge is 0.355 e. The molecule has 116 valence electrons. The quantitative estimate of drug-likeness (QED) is 0.880. The van der Waals surface area contributed by atoms with E-state index in [4.69, 9.17) is 0 Å². The van der Waals surface area contributed by atoms with Crippen molar-refractivity contribution in [3.8, 4) is 0 Å². The summed E-state index contributed by atoms with van der Waals surface area (Å²) >= 11 is 0. The van der Waals surface area contributed by atoms with Gasteiger partial charge < -0.3 is 5.32 Å². The highest BCUT2D eigenvalue weighted by molar-refractivity contribution is 7.89. The van der Waals surface area contributed by atoms with Gasteiger partial charge >= 0.3 is 6.18 Å². The van der Waals surface area contributed by atoms with Gasteiger partial charge in [-0.3, -0.25) is 4.79 Å². The van der Waals surface area contributed by atoms with Crippen LogP contribution in [-0.2, 0) is 21.0 Å². The van der Waals surface area contributed by atoms with Gasteiger partial charge in [-0.05, 0) is 37.1 Å². The van der Waals surface area contributed by atoms with Gasteiger partial charge in [0.15, 0.2) is 0 Å². The maximum Gasteiger partial charge on any atom is 0.416 e. The van der Waals surface area contributed by atoms with E-state index < -0.39 is 33.7 Å². The molecule has 1 aromatic carbocycles. The predicted octanol–water partition coefficient (Wildman–Crippen LogP) is 1.26. The van der Waals surface area contributed by atoms with Crippen LogP contribution in [0.3, 0.4) is 0 Å². The van der Waals surface area contributed by atoms with Gasteiger partial charge in [0, 0.05) is 6.54 Å². The van der Waals surface area contributed by atoms with E-state index in [2.05, 4.69) is 10.0 Å². The third-order valence-corrected chi connectivity index (χ3v) is 4.56. The van der Waals surface area contributed by atoms with Crippen molar-refractivity contribution in [1.29, 1.82) is 0 Å². The molecule has 0 unspecified atom stereocenters. The minimum atomic E-state index is -4.53. The van der Waals surface area contributed by atoms with Crippen LogP contribution in [0.2, 0.25) is 0 Å². The number of benzene rings is 1. The summed E-state index contributed by atoms with van der Waals surface area (Å²) in [5.41, 5.74) is -0.933. The first kappa shape index (κ1) is 15.8. The van der Waals surface area contributed by atoms with Crippen LogP contribution in [0.1, 0.15) is 18.4 Å². The molecule has 2 N–H and O–H groups in total.